The fourth-order valence-corrected chi connectivity index (χ4v) is 3.67. The van der Waals surface area contributed by atoms with E-state index < -0.39 is 24.1 Å². The number of hydrogen-bond acceptors (Lipinski definition) is 4. The van der Waals surface area contributed by atoms with Crippen LogP contribution in [-0.4, -0.2) is 48.5 Å². The van der Waals surface area contributed by atoms with Gasteiger partial charge in [-0.05, 0) is 18.2 Å². The monoisotopic (exact) mass is 387 g/mol. The topological polar surface area (TPSA) is 49.8 Å². The molecule has 0 bridgehead atoms. The molecule has 8 heteroatoms. The summed E-state index contributed by atoms with van der Waals surface area (Å²) in [6.45, 7) is 1.36. The molecular weight excluding hydrogens is 367 g/mol. The molecule has 0 aromatic heterocycles. The van der Waals surface area contributed by atoms with Crippen LogP contribution in [0.25, 0.3) is 0 Å². The van der Waals surface area contributed by atoms with Crippen LogP contribution in [0.1, 0.15) is 12.0 Å². The van der Waals surface area contributed by atoms with Crippen LogP contribution >= 0.6 is 11.8 Å². The Labute approximate surface area is 154 Å². The van der Waals surface area contributed by atoms with Crippen LogP contribution in [0.4, 0.5) is 13.2 Å². The molecule has 4 nitrogen and oxygen atoms in total. The standard InChI is InChI=1S/C18H20F3NO3S/c1-25-11-10-22-9-2-3-15(17(23)24)16(22)26-12-8-18(20,21)13-4-6-14(19)7-5-13/h2-7H,8-12H2,1H3,(H,23,24). The van der Waals surface area contributed by atoms with E-state index in [1.54, 1.807) is 11.0 Å². The molecule has 1 aliphatic heterocycles. The minimum absolute atomic E-state index is 0.0216. The van der Waals surface area contributed by atoms with Crippen molar-refractivity contribution in [1.82, 2.24) is 4.90 Å². The quantitative estimate of drug-likeness (QED) is 0.697. The van der Waals surface area contributed by atoms with Gasteiger partial charge in [-0.3, -0.25) is 0 Å². The molecule has 0 atom stereocenters. The van der Waals surface area contributed by atoms with Crippen molar-refractivity contribution >= 4 is 17.7 Å². The smallest absolute Gasteiger partial charge is 0.338 e. The lowest BCUT2D eigenvalue weighted by atomic mass is 10.1. The maximum Gasteiger partial charge on any atom is 0.338 e. The predicted octanol–water partition coefficient (Wildman–Crippen LogP) is 3.86. The summed E-state index contributed by atoms with van der Waals surface area (Å²) in [5.74, 6) is -4.77. The van der Waals surface area contributed by atoms with Gasteiger partial charge < -0.3 is 14.7 Å². The van der Waals surface area contributed by atoms with Crippen molar-refractivity contribution in [3.8, 4) is 0 Å². The van der Waals surface area contributed by atoms with Gasteiger partial charge in [-0.15, -0.1) is 11.8 Å². The highest BCUT2D eigenvalue weighted by atomic mass is 32.2. The molecule has 0 radical (unpaired) electrons. The molecule has 0 saturated heterocycles. The number of benzene rings is 1. The molecule has 0 spiro atoms. The SMILES string of the molecule is COCCN1CC=CC(C(=O)O)=C1SCCC(F)(F)c1ccc(F)cc1. The molecule has 0 fully saturated rings. The van der Waals surface area contributed by atoms with E-state index in [-0.39, 0.29) is 16.9 Å². The van der Waals surface area contributed by atoms with E-state index >= 15 is 0 Å². The van der Waals surface area contributed by atoms with Crippen LogP contribution in [0.15, 0.2) is 47.0 Å². The Morgan fingerprint density at radius 1 is 1.35 bits per heavy atom. The Bertz CT molecular complexity index is 689. The number of alkyl halides is 2. The molecule has 1 aromatic carbocycles. The van der Waals surface area contributed by atoms with Crippen molar-refractivity contribution in [1.29, 1.82) is 0 Å². The minimum atomic E-state index is -3.12. The number of aliphatic carboxylic acids is 1. The summed E-state index contributed by atoms with van der Waals surface area (Å²) in [5.41, 5.74) is -0.172. The van der Waals surface area contributed by atoms with Gasteiger partial charge in [0.2, 0.25) is 0 Å². The molecule has 26 heavy (non-hydrogen) atoms. The predicted molar refractivity (Wildman–Crippen MR) is 94.6 cm³/mol. The van der Waals surface area contributed by atoms with Crippen molar-refractivity contribution in [2.45, 2.75) is 12.3 Å². The number of carboxylic acid groups (broad SMARTS) is 1. The van der Waals surface area contributed by atoms with Gasteiger partial charge in [0.15, 0.2) is 0 Å². The highest BCUT2D eigenvalue weighted by molar-refractivity contribution is 8.03. The second-order valence-corrected chi connectivity index (χ2v) is 6.76. The van der Waals surface area contributed by atoms with Crippen molar-refractivity contribution in [2.24, 2.45) is 0 Å². The van der Waals surface area contributed by atoms with Gasteiger partial charge in [0.05, 0.1) is 17.2 Å². The van der Waals surface area contributed by atoms with Crippen LogP contribution in [-0.2, 0) is 15.5 Å². The Kier molecular flexibility index (Phi) is 7.16. The third kappa shape index (κ3) is 5.28. The van der Waals surface area contributed by atoms with Gasteiger partial charge in [0.1, 0.15) is 5.82 Å². The summed E-state index contributed by atoms with van der Waals surface area (Å²) >= 11 is 1.08. The van der Waals surface area contributed by atoms with Gasteiger partial charge in [-0.1, -0.05) is 18.2 Å². The first-order valence-electron chi connectivity index (χ1n) is 8.00. The molecular formula is C18H20F3NO3S. The van der Waals surface area contributed by atoms with Crippen molar-refractivity contribution in [2.75, 3.05) is 32.6 Å². The molecule has 0 unspecified atom stereocenters. The van der Waals surface area contributed by atoms with Crippen LogP contribution in [0.2, 0.25) is 0 Å². The molecule has 1 heterocycles. The Morgan fingerprint density at radius 3 is 2.65 bits per heavy atom. The van der Waals surface area contributed by atoms with Gasteiger partial charge in [0.25, 0.3) is 5.92 Å². The lowest BCUT2D eigenvalue weighted by Crippen LogP contribution is -2.30. The van der Waals surface area contributed by atoms with Crippen LogP contribution in [0.3, 0.4) is 0 Å². The first-order valence-corrected chi connectivity index (χ1v) is 8.98. The summed E-state index contributed by atoms with van der Waals surface area (Å²) in [5, 5.41) is 9.80. The number of carbonyl (C=O) groups is 1. The van der Waals surface area contributed by atoms with Gasteiger partial charge in [-0.25, -0.2) is 18.0 Å². The van der Waals surface area contributed by atoms with E-state index in [4.69, 9.17) is 4.74 Å². The number of nitrogens with zero attached hydrogens (tertiary/aromatic N) is 1. The number of carboxylic acids is 1. The van der Waals surface area contributed by atoms with E-state index in [2.05, 4.69) is 0 Å². The largest absolute Gasteiger partial charge is 0.478 e. The zero-order valence-corrected chi connectivity index (χ0v) is 15.1. The van der Waals surface area contributed by atoms with E-state index in [9.17, 15) is 23.1 Å². The summed E-state index contributed by atoms with van der Waals surface area (Å²) in [7, 11) is 1.54. The maximum atomic E-state index is 14.3. The van der Waals surface area contributed by atoms with E-state index in [1.807, 2.05) is 0 Å². The minimum Gasteiger partial charge on any atom is -0.478 e. The molecule has 1 aromatic rings. The van der Waals surface area contributed by atoms with Crippen LogP contribution in [0.5, 0.6) is 0 Å². The Morgan fingerprint density at radius 2 is 2.04 bits per heavy atom. The van der Waals surface area contributed by atoms with Gasteiger partial charge in [-0.2, -0.15) is 0 Å². The highest BCUT2D eigenvalue weighted by Crippen LogP contribution is 2.36. The number of halogens is 3. The Balaban J connectivity index is 2.07. The molecule has 0 saturated carbocycles. The fraction of sp³-hybridized carbons (Fsp3) is 0.389. The Hall–Kier alpha value is -1.93. The maximum absolute atomic E-state index is 14.3. The van der Waals surface area contributed by atoms with Gasteiger partial charge in [0, 0.05) is 37.9 Å². The average molecular weight is 387 g/mol. The summed E-state index contributed by atoms with van der Waals surface area (Å²) in [4.78, 5) is 13.2. The normalized spacial score (nSPS) is 14.8. The molecule has 0 amide bonds. The molecule has 142 valence electrons. The van der Waals surface area contributed by atoms with E-state index in [0.717, 1.165) is 36.0 Å². The molecule has 1 N–H and O–H groups in total. The lowest BCUT2D eigenvalue weighted by Gasteiger charge is -2.29. The number of hydrogen-bond donors (Lipinski definition) is 1. The molecule has 0 aliphatic carbocycles. The van der Waals surface area contributed by atoms with E-state index in [0.29, 0.717) is 24.7 Å². The second-order valence-electron chi connectivity index (χ2n) is 5.67. The molecule has 1 aliphatic rings. The van der Waals surface area contributed by atoms with Crippen molar-refractivity contribution < 1.29 is 27.8 Å². The van der Waals surface area contributed by atoms with Crippen LogP contribution in [0, 0.1) is 5.82 Å². The third-order valence-electron chi connectivity index (χ3n) is 3.85. The highest BCUT2D eigenvalue weighted by Gasteiger charge is 2.32. The fourth-order valence-electron chi connectivity index (χ4n) is 2.46. The number of ether oxygens (including phenoxy) is 1. The third-order valence-corrected chi connectivity index (χ3v) is 5.00. The van der Waals surface area contributed by atoms with Crippen molar-refractivity contribution in [3.05, 3.63) is 58.4 Å². The summed E-state index contributed by atoms with van der Waals surface area (Å²) in [6, 6.07) is 4.13. The van der Waals surface area contributed by atoms with Crippen molar-refractivity contribution in [3.63, 3.8) is 0 Å². The summed E-state index contributed by atoms with van der Waals surface area (Å²) in [6.07, 6.45) is 2.73. The number of rotatable bonds is 9. The van der Waals surface area contributed by atoms with E-state index in [1.165, 1.54) is 13.2 Å². The number of thioether (sulfide) groups is 1. The molecule has 2 rings (SSSR count). The second kappa shape index (κ2) is 9.14. The zero-order valence-electron chi connectivity index (χ0n) is 14.3. The first kappa shape index (κ1) is 20.4. The zero-order chi connectivity index (χ0) is 19.2. The lowest BCUT2D eigenvalue weighted by molar-refractivity contribution is -0.132. The van der Waals surface area contributed by atoms with Gasteiger partial charge >= 0.3 is 5.97 Å². The summed E-state index contributed by atoms with van der Waals surface area (Å²) < 4.78 is 46.5. The number of methoxy groups -OCH3 is 1. The first-order chi connectivity index (χ1) is 12.3. The van der Waals surface area contributed by atoms with Crippen LogP contribution < -0.4 is 0 Å². The average Bonchev–Trinajstić information content (AvgIpc) is 2.60.